The third kappa shape index (κ3) is 2.54. The third-order valence-electron chi connectivity index (χ3n) is 2.51. The lowest BCUT2D eigenvalue weighted by Gasteiger charge is -2.15. The number of nitrogens with zero attached hydrogens (tertiary/aromatic N) is 2. The van der Waals surface area contributed by atoms with Crippen LogP contribution in [0.25, 0.3) is 10.9 Å². The van der Waals surface area contributed by atoms with Gasteiger partial charge in [-0.3, -0.25) is 0 Å². The van der Waals surface area contributed by atoms with Crippen molar-refractivity contribution in [2.24, 2.45) is 0 Å². The van der Waals surface area contributed by atoms with Gasteiger partial charge < -0.3 is 15.2 Å². The zero-order valence-corrected chi connectivity index (χ0v) is 9.83. The Hall–Kier alpha value is -2.21. The number of hydrogen-bond acceptors (Lipinski definition) is 5. The maximum Gasteiger partial charge on any atom is 0.328 e. The summed E-state index contributed by atoms with van der Waals surface area (Å²) in [5, 5.41) is 20.6. The summed E-state index contributed by atoms with van der Waals surface area (Å²) in [5.74, 6) is -0.974. The zero-order chi connectivity index (χ0) is 13.0. The van der Waals surface area contributed by atoms with Gasteiger partial charge in [-0.25, -0.2) is 4.79 Å². The number of carbonyl (C=O) groups is 1. The minimum Gasteiger partial charge on any atom is -0.480 e. The van der Waals surface area contributed by atoms with E-state index in [0.29, 0.717) is 11.2 Å². The molecule has 0 bridgehead atoms. The lowest BCUT2D eigenvalue weighted by Crippen LogP contribution is -2.33. The van der Waals surface area contributed by atoms with Crippen LogP contribution in [0.5, 0.6) is 0 Å². The van der Waals surface area contributed by atoms with E-state index in [2.05, 4.69) is 15.5 Å². The Labute approximate surface area is 104 Å². The number of anilines is 1. The molecule has 6 heteroatoms. The van der Waals surface area contributed by atoms with Crippen LogP contribution in [0.2, 0.25) is 0 Å². The lowest BCUT2D eigenvalue weighted by atomic mass is 10.2. The third-order valence-corrected chi connectivity index (χ3v) is 2.51. The van der Waals surface area contributed by atoms with E-state index in [1.54, 1.807) is 0 Å². The van der Waals surface area contributed by atoms with Gasteiger partial charge in [0.1, 0.15) is 6.04 Å². The summed E-state index contributed by atoms with van der Waals surface area (Å²) < 4.78 is 4.87. The van der Waals surface area contributed by atoms with Crippen molar-refractivity contribution < 1.29 is 14.6 Å². The molecule has 18 heavy (non-hydrogen) atoms. The van der Waals surface area contributed by atoms with E-state index in [-0.39, 0.29) is 6.61 Å². The number of aromatic nitrogens is 2. The van der Waals surface area contributed by atoms with E-state index >= 15 is 0 Å². The molecule has 0 spiro atoms. The van der Waals surface area contributed by atoms with E-state index in [1.807, 2.05) is 24.3 Å². The molecule has 1 aromatic carbocycles. The van der Waals surface area contributed by atoms with Crippen LogP contribution in [-0.4, -0.2) is 41.0 Å². The molecule has 1 heterocycles. The maximum atomic E-state index is 11.1. The quantitative estimate of drug-likeness (QED) is 0.824. The topological polar surface area (TPSA) is 84.3 Å². The summed E-state index contributed by atoms with van der Waals surface area (Å²) in [6.07, 6.45) is 1.51. The molecule has 0 aliphatic heterocycles. The highest BCUT2D eigenvalue weighted by Crippen LogP contribution is 2.20. The van der Waals surface area contributed by atoms with Gasteiger partial charge in [-0.2, -0.15) is 10.2 Å². The first-order valence-corrected chi connectivity index (χ1v) is 5.41. The molecule has 1 atom stereocenters. The number of hydrogen-bond donors (Lipinski definition) is 2. The van der Waals surface area contributed by atoms with Crippen molar-refractivity contribution in [3.05, 3.63) is 30.5 Å². The van der Waals surface area contributed by atoms with Gasteiger partial charge in [-0.1, -0.05) is 18.2 Å². The van der Waals surface area contributed by atoms with Gasteiger partial charge in [-0.15, -0.1) is 0 Å². The molecule has 0 fully saturated rings. The number of benzene rings is 1. The number of methoxy groups -OCH3 is 1. The first kappa shape index (κ1) is 12.3. The molecule has 0 saturated heterocycles. The second-order valence-electron chi connectivity index (χ2n) is 3.77. The van der Waals surface area contributed by atoms with Crippen molar-refractivity contribution in [1.82, 2.24) is 10.2 Å². The second-order valence-corrected chi connectivity index (χ2v) is 3.77. The number of aliphatic carboxylic acids is 1. The van der Waals surface area contributed by atoms with Crippen LogP contribution >= 0.6 is 0 Å². The van der Waals surface area contributed by atoms with Gasteiger partial charge in [0.25, 0.3) is 0 Å². The Morgan fingerprint density at radius 1 is 1.50 bits per heavy atom. The Kier molecular flexibility index (Phi) is 3.69. The van der Waals surface area contributed by atoms with Crippen molar-refractivity contribution in [2.75, 3.05) is 19.0 Å². The van der Waals surface area contributed by atoms with Crippen molar-refractivity contribution in [1.29, 1.82) is 0 Å². The Bertz CT molecular complexity index is 554. The SMILES string of the molecule is COCC(Nc1cnnc2ccccc12)C(=O)O. The fourth-order valence-electron chi connectivity index (χ4n) is 1.65. The van der Waals surface area contributed by atoms with E-state index in [0.717, 1.165) is 5.39 Å². The van der Waals surface area contributed by atoms with Crippen LogP contribution in [0.15, 0.2) is 30.5 Å². The van der Waals surface area contributed by atoms with Crippen LogP contribution in [0.1, 0.15) is 0 Å². The molecular formula is C12H13N3O3. The highest BCUT2D eigenvalue weighted by atomic mass is 16.5. The predicted molar refractivity (Wildman–Crippen MR) is 66.5 cm³/mol. The van der Waals surface area contributed by atoms with Gasteiger partial charge >= 0.3 is 5.97 Å². The van der Waals surface area contributed by atoms with E-state index < -0.39 is 12.0 Å². The molecule has 2 rings (SSSR count). The van der Waals surface area contributed by atoms with Crippen molar-refractivity contribution >= 4 is 22.6 Å². The molecular weight excluding hydrogens is 234 g/mol. The summed E-state index contributed by atoms with van der Waals surface area (Å²) in [6, 6.07) is 6.58. The smallest absolute Gasteiger partial charge is 0.328 e. The molecule has 2 aromatic rings. The molecule has 0 aliphatic rings. The Balaban J connectivity index is 2.33. The van der Waals surface area contributed by atoms with Gasteiger partial charge in [0.2, 0.25) is 0 Å². The molecule has 0 aliphatic carbocycles. The number of ether oxygens (including phenoxy) is 1. The van der Waals surface area contributed by atoms with E-state index in [1.165, 1.54) is 13.3 Å². The fraction of sp³-hybridized carbons (Fsp3) is 0.250. The number of carboxylic acids is 1. The minimum absolute atomic E-state index is 0.0754. The summed E-state index contributed by atoms with van der Waals surface area (Å²) in [5.41, 5.74) is 1.34. The van der Waals surface area contributed by atoms with Crippen LogP contribution in [0.4, 0.5) is 5.69 Å². The summed E-state index contributed by atoms with van der Waals surface area (Å²) in [4.78, 5) is 11.1. The molecule has 0 radical (unpaired) electrons. The first-order chi connectivity index (χ1) is 8.72. The van der Waals surface area contributed by atoms with Crippen molar-refractivity contribution in [3.63, 3.8) is 0 Å². The lowest BCUT2D eigenvalue weighted by molar-refractivity contribution is -0.139. The largest absolute Gasteiger partial charge is 0.480 e. The van der Waals surface area contributed by atoms with Gasteiger partial charge in [-0.05, 0) is 6.07 Å². The number of nitrogens with one attached hydrogen (secondary N) is 1. The second kappa shape index (κ2) is 5.42. The molecule has 0 amide bonds. The number of rotatable bonds is 5. The van der Waals surface area contributed by atoms with E-state index in [4.69, 9.17) is 9.84 Å². The highest BCUT2D eigenvalue weighted by Gasteiger charge is 2.17. The molecule has 1 aromatic heterocycles. The first-order valence-electron chi connectivity index (χ1n) is 5.41. The maximum absolute atomic E-state index is 11.1. The monoisotopic (exact) mass is 247 g/mol. The molecule has 1 unspecified atom stereocenters. The minimum atomic E-state index is -0.974. The van der Waals surface area contributed by atoms with Crippen LogP contribution in [0.3, 0.4) is 0 Å². The molecule has 0 saturated carbocycles. The zero-order valence-electron chi connectivity index (χ0n) is 9.83. The average Bonchev–Trinajstić information content (AvgIpc) is 2.38. The Morgan fingerprint density at radius 3 is 3.00 bits per heavy atom. The fourth-order valence-corrected chi connectivity index (χ4v) is 1.65. The van der Waals surface area contributed by atoms with Crippen molar-refractivity contribution in [2.45, 2.75) is 6.04 Å². The van der Waals surface area contributed by atoms with E-state index in [9.17, 15) is 4.79 Å². The van der Waals surface area contributed by atoms with Gasteiger partial charge in [0, 0.05) is 12.5 Å². The van der Waals surface area contributed by atoms with Crippen molar-refractivity contribution in [3.8, 4) is 0 Å². The van der Waals surface area contributed by atoms with Crippen LogP contribution < -0.4 is 5.32 Å². The standard InChI is InChI=1S/C12H13N3O3/c1-18-7-11(12(16)17)14-10-6-13-15-9-5-3-2-4-8(9)10/h2-6,11H,7H2,1H3,(H,14,15)(H,16,17). The Morgan fingerprint density at radius 2 is 2.28 bits per heavy atom. The average molecular weight is 247 g/mol. The van der Waals surface area contributed by atoms with Gasteiger partial charge in [0.05, 0.1) is 24.0 Å². The number of fused-ring (bicyclic) bond motifs is 1. The summed E-state index contributed by atoms with van der Waals surface area (Å²) >= 11 is 0. The predicted octanol–water partition coefficient (Wildman–Crippen LogP) is 1.14. The van der Waals surface area contributed by atoms with Gasteiger partial charge in [0.15, 0.2) is 0 Å². The van der Waals surface area contributed by atoms with Crippen LogP contribution in [-0.2, 0) is 9.53 Å². The highest BCUT2D eigenvalue weighted by molar-refractivity contribution is 5.92. The molecule has 6 nitrogen and oxygen atoms in total. The normalized spacial score (nSPS) is 12.3. The summed E-state index contributed by atoms with van der Waals surface area (Å²) in [6.45, 7) is 0.0754. The molecule has 94 valence electrons. The summed E-state index contributed by atoms with van der Waals surface area (Å²) in [7, 11) is 1.46. The number of carboxylic acid groups (broad SMARTS) is 1. The van der Waals surface area contributed by atoms with Crippen LogP contribution in [0, 0.1) is 0 Å². The molecule has 2 N–H and O–H groups in total.